The van der Waals surface area contributed by atoms with Crippen molar-refractivity contribution in [1.82, 2.24) is 20.5 Å². The number of amides is 2. The van der Waals surface area contributed by atoms with E-state index in [9.17, 15) is 14.8 Å². The predicted molar refractivity (Wildman–Crippen MR) is 83.4 cm³/mol. The van der Waals surface area contributed by atoms with Crippen molar-refractivity contribution < 1.29 is 14.8 Å². The van der Waals surface area contributed by atoms with Gasteiger partial charge in [-0.3, -0.25) is 30.6 Å². The van der Waals surface area contributed by atoms with Gasteiger partial charge in [-0.2, -0.15) is 0 Å². The third kappa shape index (κ3) is 4.52. The predicted octanol–water partition coefficient (Wildman–Crippen LogP) is 1.62. The van der Waals surface area contributed by atoms with Crippen molar-refractivity contribution in [3.8, 4) is 0 Å². The van der Waals surface area contributed by atoms with Gasteiger partial charge in [0.25, 0.3) is 0 Å². The van der Waals surface area contributed by atoms with Gasteiger partial charge in [0.1, 0.15) is 5.15 Å². The zero-order valence-corrected chi connectivity index (χ0v) is 13.6. The maximum atomic E-state index is 12.6. The fourth-order valence-corrected chi connectivity index (χ4v) is 2.92. The number of anilines is 1. The smallest absolute Gasteiger partial charge is 0.246 e. The molecule has 0 unspecified atom stereocenters. The van der Waals surface area contributed by atoms with Crippen molar-refractivity contribution in [3.63, 3.8) is 0 Å². The minimum atomic E-state index is -0.832. The van der Waals surface area contributed by atoms with E-state index in [0.717, 1.165) is 12.8 Å². The first-order valence-corrected chi connectivity index (χ1v) is 7.78. The summed E-state index contributed by atoms with van der Waals surface area (Å²) in [6.45, 7) is 2.08. The second-order valence-electron chi connectivity index (χ2n) is 5.97. The first-order valence-electron chi connectivity index (χ1n) is 7.40. The van der Waals surface area contributed by atoms with Crippen LogP contribution in [0.4, 0.5) is 5.82 Å². The van der Waals surface area contributed by atoms with Crippen LogP contribution in [0.25, 0.3) is 0 Å². The van der Waals surface area contributed by atoms with Crippen LogP contribution in [0.2, 0.25) is 5.15 Å². The van der Waals surface area contributed by atoms with Gasteiger partial charge in [-0.05, 0) is 31.6 Å². The number of carbonyl (C=O) groups is 2. The number of hydroxylamine groups is 2. The van der Waals surface area contributed by atoms with Crippen LogP contribution < -0.4 is 10.9 Å². The number of halogens is 1. The molecule has 0 bridgehead atoms. The highest BCUT2D eigenvalue weighted by Crippen LogP contribution is 2.39. The maximum Gasteiger partial charge on any atom is 0.246 e. The molecule has 0 saturated heterocycles. The van der Waals surface area contributed by atoms with Crippen LogP contribution in [0.1, 0.15) is 32.6 Å². The molecule has 0 spiro atoms. The Balaban J connectivity index is 2.05. The number of nitrogens with zero attached hydrogens (tertiary/aromatic N) is 3. The first kappa shape index (κ1) is 17.4. The van der Waals surface area contributed by atoms with Crippen molar-refractivity contribution >= 4 is 29.7 Å². The Morgan fingerprint density at radius 3 is 2.83 bits per heavy atom. The van der Waals surface area contributed by atoms with Gasteiger partial charge < -0.3 is 0 Å². The summed E-state index contributed by atoms with van der Waals surface area (Å²) in [4.78, 5) is 31.2. The largest absolute Gasteiger partial charge is 0.286 e. The number of aromatic nitrogens is 2. The molecule has 3 N–H and O–H groups in total. The highest BCUT2D eigenvalue weighted by molar-refractivity contribution is 6.29. The molecule has 1 aliphatic carbocycles. The zero-order valence-electron chi connectivity index (χ0n) is 12.8. The molecule has 0 aromatic carbocycles. The molecule has 2 amide bonds. The summed E-state index contributed by atoms with van der Waals surface area (Å²) in [5.41, 5.74) is 4.41. The quantitative estimate of drug-likeness (QED) is 0.412. The molecule has 1 aliphatic rings. The molecule has 1 aromatic rings. The van der Waals surface area contributed by atoms with E-state index in [4.69, 9.17) is 11.6 Å². The Labute approximate surface area is 139 Å². The van der Waals surface area contributed by atoms with Gasteiger partial charge in [0, 0.05) is 0 Å². The van der Waals surface area contributed by atoms with E-state index < -0.39 is 5.41 Å². The summed E-state index contributed by atoms with van der Waals surface area (Å²) in [6.07, 6.45) is 6.01. The number of hydrogen-bond donors (Lipinski definition) is 3. The van der Waals surface area contributed by atoms with Crippen molar-refractivity contribution in [3.05, 3.63) is 17.5 Å². The average Bonchev–Trinajstić information content (AvgIpc) is 2.55. The van der Waals surface area contributed by atoms with E-state index in [2.05, 4.69) is 27.7 Å². The van der Waals surface area contributed by atoms with E-state index >= 15 is 0 Å². The number of carbonyl (C=O) groups excluding carboxylic acids is 2. The molecule has 1 fully saturated rings. The minimum Gasteiger partial charge on any atom is -0.286 e. The topological polar surface area (TPSA) is 107 Å². The number of nitrogens with one attached hydrogen (secondary N) is 2. The van der Waals surface area contributed by atoms with Gasteiger partial charge in [0.05, 0.1) is 24.4 Å². The maximum absolute atomic E-state index is 12.6. The van der Waals surface area contributed by atoms with Crippen molar-refractivity contribution in [2.24, 2.45) is 11.3 Å². The molecular formula is C14H20ClN5O3. The number of hydrogen-bond acceptors (Lipinski definition) is 6. The minimum absolute atomic E-state index is 0.0437. The molecule has 8 nitrogen and oxygen atoms in total. The van der Waals surface area contributed by atoms with Crippen LogP contribution in [-0.2, 0) is 9.59 Å². The molecule has 126 valence electrons. The summed E-state index contributed by atoms with van der Waals surface area (Å²) in [7, 11) is 0. The number of hydrazine groups is 1. The molecule has 1 aromatic heterocycles. The third-order valence-electron chi connectivity index (χ3n) is 4.21. The normalized spacial score (nSPS) is 23.9. The second kappa shape index (κ2) is 7.56. The lowest BCUT2D eigenvalue weighted by atomic mass is 9.70. The van der Waals surface area contributed by atoms with Gasteiger partial charge >= 0.3 is 0 Å². The second-order valence-corrected chi connectivity index (χ2v) is 6.36. The number of rotatable bonds is 6. The lowest BCUT2D eigenvalue weighted by Crippen LogP contribution is -2.51. The van der Waals surface area contributed by atoms with Gasteiger partial charge in [0.15, 0.2) is 5.82 Å². The summed E-state index contributed by atoms with van der Waals surface area (Å²) in [6, 6.07) is 0. The van der Waals surface area contributed by atoms with E-state index in [-0.39, 0.29) is 17.6 Å². The van der Waals surface area contributed by atoms with E-state index in [0.29, 0.717) is 36.1 Å². The Morgan fingerprint density at radius 1 is 1.52 bits per heavy atom. The lowest BCUT2D eigenvalue weighted by molar-refractivity contribution is -0.163. The summed E-state index contributed by atoms with van der Waals surface area (Å²) < 4.78 is 0. The van der Waals surface area contributed by atoms with Crippen LogP contribution in [0.3, 0.4) is 0 Å². The molecule has 0 atom stereocenters. The first-order chi connectivity index (χ1) is 10.9. The van der Waals surface area contributed by atoms with E-state index in [1.54, 1.807) is 0 Å². The highest BCUT2D eigenvalue weighted by atomic mass is 35.5. The molecule has 9 heteroatoms. The fraction of sp³-hybridized carbons (Fsp3) is 0.571. The van der Waals surface area contributed by atoms with E-state index in [1.807, 2.05) is 0 Å². The van der Waals surface area contributed by atoms with Gasteiger partial charge in [-0.15, -0.1) is 0 Å². The molecular weight excluding hydrogens is 322 g/mol. The van der Waals surface area contributed by atoms with Crippen LogP contribution >= 0.6 is 11.6 Å². The molecule has 2 rings (SSSR count). The lowest BCUT2D eigenvalue weighted by Gasteiger charge is -2.38. The van der Waals surface area contributed by atoms with Crippen LogP contribution in [0.5, 0.6) is 0 Å². The van der Waals surface area contributed by atoms with Crippen molar-refractivity contribution in [1.29, 1.82) is 0 Å². The van der Waals surface area contributed by atoms with Gasteiger partial charge in [-0.1, -0.05) is 18.5 Å². The fourth-order valence-electron chi connectivity index (χ4n) is 2.77. The summed E-state index contributed by atoms with van der Waals surface area (Å²) >= 11 is 5.73. The Morgan fingerprint density at radius 2 is 2.22 bits per heavy atom. The van der Waals surface area contributed by atoms with Crippen LogP contribution in [0.15, 0.2) is 12.4 Å². The summed E-state index contributed by atoms with van der Waals surface area (Å²) in [5, 5.41) is 10.3. The van der Waals surface area contributed by atoms with Crippen molar-refractivity contribution in [2.75, 3.05) is 12.0 Å². The Kier molecular flexibility index (Phi) is 5.73. The van der Waals surface area contributed by atoms with Crippen LogP contribution in [-0.4, -0.2) is 39.1 Å². The third-order valence-corrected chi connectivity index (χ3v) is 4.39. The monoisotopic (exact) mass is 341 g/mol. The average molecular weight is 342 g/mol. The van der Waals surface area contributed by atoms with Gasteiger partial charge in [-0.25, -0.2) is 10.0 Å². The Bertz CT molecular complexity index is 563. The molecule has 23 heavy (non-hydrogen) atoms. The molecule has 1 heterocycles. The highest BCUT2D eigenvalue weighted by Gasteiger charge is 2.42. The standard InChI is InChI=1S/C14H20ClN5O3/c1-10-2-4-14(5-3-10,8-20(23)9-21)13(22)19-18-12-7-16-6-11(15)17-12/h6-7,9-10,23H,2-5,8H2,1H3,(H,17,18)(H,19,22)/t10-,14-. The zero-order chi connectivity index (χ0) is 16.9. The van der Waals surface area contributed by atoms with Crippen molar-refractivity contribution in [2.45, 2.75) is 32.6 Å². The van der Waals surface area contributed by atoms with Crippen LogP contribution in [0, 0.1) is 11.3 Å². The molecule has 0 aliphatic heterocycles. The van der Waals surface area contributed by atoms with E-state index in [1.165, 1.54) is 12.4 Å². The van der Waals surface area contributed by atoms with Gasteiger partial charge in [0.2, 0.25) is 12.3 Å². The summed E-state index contributed by atoms with van der Waals surface area (Å²) in [5.74, 6) is 0.527. The Hall–Kier alpha value is -1.93. The molecule has 0 radical (unpaired) electrons. The molecule has 1 saturated carbocycles. The SMILES string of the molecule is C[C@H]1CC[C@](CN(O)C=O)(C(=O)NNc2cncc(Cl)n2)CC1.